The summed E-state index contributed by atoms with van der Waals surface area (Å²) in [7, 11) is 1.55. The quantitative estimate of drug-likeness (QED) is 0.790. The highest BCUT2D eigenvalue weighted by atomic mass is 19.4. The van der Waals surface area contributed by atoms with Crippen LogP contribution in [0, 0.1) is 0 Å². The topological polar surface area (TPSA) is 47.6 Å². The molecule has 2 aromatic rings. The Hall–Kier alpha value is -2.96. The molecular formula is C18H16F3NO3. The summed E-state index contributed by atoms with van der Waals surface area (Å²) in [6.07, 6.45) is -1.50. The number of carbonyl (C=O) groups is 1. The second kappa shape index (κ2) is 8.23. The Kier molecular flexibility index (Phi) is 6.05. The standard InChI is InChI=1S/C18H16F3NO3/c1-24-15-6-2-4-13(10-15)8-9-17(23)22-14-5-3-7-16(11-14)25-12-18(19,20)21/h2-11H,12H2,1H3,(H,22,23)/b9-8+. The zero-order valence-electron chi connectivity index (χ0n) is 13.3. The van der Waals surface area contributed by atoms with E-state index in [9.17, 15) is 18.0 Å². The van der Waals surface area contributed by atoms with Gasteiger partial charge >= 0.3 is 6.18 Å². The molecule has 25 heavy (non-hydrogen) atoms. The van der Waals surface area contributed by atoms with Crippen molar-refractivity contribution in [1.29, 1.82) is 0 Å². The zero-order chi connectivity index (χ0) is 18.3. The van der Waals surface area contributed by atoms with Gasteiger partial charge in [-0.2, -0.15) is 13.2 Å². The zero-order valence-corrected chi connectivity index (χ0v) is 13.3. The number of halogens is 3. The van der Waals surface area contributed by atoms with Crippen molar-refractivity contribution in [3.63, 3.8) is 0 Å². The van der Waals surface area contributed by atoms with Gasteiger partial charge in [0.25, 0.3) is 0 Å². The smallest absolute Gasteiger partial charge is 0.422 e. The highest BCUT2D eigenvalue weighted by molar-refractivity contribution is 6.02. The van der Waals surface area contributed by atoms with Crippen molar-refractivity contribution in [3.05, 3.63) is 60.2 Å². The number of carbonyl (C=O) groups excluding carboxylic acids is 1. The van der Waals surface area contributed by atoms with Crippen LogP contribution in [0.4, 0.5) is 18.9 Å². The summed E-state index contributed by atoms with van der Waals surface area (Å²) in [4.78, 5) is 11.9. The SMILES string of the molecule is COc1cccc(/C=C/C(=O)Nc2cccc(OCC(F)(F)F)c2)c1. The minimum atomic E-state index is -4.42. The van der Waals surface area contributed by atoms with Gasteiger partial charge in [0.05, 0.1) is 7.11 Å². The van der Waals surface area contributed by atoms with E-state index in [1.165, 1.54) is 24.3 Å². The molecule has 132 valence electrons. The molecule has 1 amide bonds. The molecule has 0 aliphatic rings. The number of hydrogen-bond donors (Lipinski definition) is 1. The molecule has 0 saturated heterocycles. The van der Waals surface area contributed by atoms with Crippen molar-refractivity contribution in [3.8, 4) is 11.5 Å². The van der Waals surface area contributed by atoms with Gasteiger partial charge in [-0.1, -0.05) is 18.2 Å². The third-order valence-corrected chi connectivity index (χ3v) is 3.03. The summed E-state index contributed by atoms with van der Waals surface area (Å²) >= 11 is 0. The van der Waals surface area contributed by atoms with Crippen molar-refractivity contribution in [2.75, 3.05) is 19.0 Å². The van der Waals surface area contributed by atoms with Crippen LogP contribution in [0.2, 0.25) is 0 Å². The largest absolute Gasteiger partial charge is 0.497 e. The molecular weight excluding hydrogens is 335 g/mol. The highest BCUT2D eigenvalue weighted by Gasteiger charge is 2.28. The van der Waals surface area contributed by atoms with Gasteiger partial charge in [0, 0.05) is 17.8 Å². The monoisotopic (exact) mass is 351 g/mol. The summed E-state index contributed by atoms with van der Waals surface area (Å²) in [5.74, 6) is 0.264. The lowest BCUT2D eigenvalue weighted by Crippen LogP contribution is -2.19. The first-order valence-corrected chi connectivity index (χ1v) is 7.28. The van der Waals surface area contributed by atoms with Crippen LogP contribution in [-0.4, -0.2) is 25.8 Å². The van der Waals surface area contributed by atoms with Crippen molar-refractivity contribution >= 4 is 17.7 Å². The van der Waals surface area contributed by atoms with Gasteiger partial charge in [0.1, 0.15) is 11.5 Å². The molecule has 0 unspecified atom stereocenters. The number of benzene rings is 2. The average molecular weight is 351 g/mol. The van der Waals surface area contributed by atoms with Gasteiger partial charge in [-0.05, 0) is 35.9 Å². The molecule has 0 radical (unpaired) electrons. The van der Waals surface area contributed by atoms with E-state index in [1.54, 1.807) is 43.5 Å². The molecule has 0 bridgehead atoms. The van der Waals surface area contributed by atoms with E-state index in [-0.39, 0.29) is 5.75 Å². The van der Waals surface area contributed by atoms with Crippen LogP contribution in [0.1, 0.15) is 5.56 Å². The number of anilines is 1. The minimum Gasteiger partial charge on any atom is -0.497 e. The first kappa shape index (κ1) is 18.4. The first-order chi connectivity index (χ1) is 11.9. The number of methoxy groups -OCH3 is 1. The van der Waals surface area contributed by atoms with E-state index < -0.39 is 18.7 Å². The molecule has 0 atom stereocenters. The number of rotatable bonds is 6. The van der Waals surface area contributed by atoms with Crippen LogP contribution in [0.5, 0.6) is 11.5 Å². The third-order valence-electron chi connectivity index (χ3n) is 3.03. The van der Waals surface area contributed by atoms with Crippen molar-refractivity contribution < 1.29 is 27.4 Å². The van der Waals surface area contributed by atoms with Gasteiger partial charge in [-0.25, -0.2) is 0 Å². The molecule has 0 fully saturated rings. The van der Waals surface area contributed by atoms with Gasteiger partial charge in [0.15, 0.2) is 6.61 Å². The Morgan fingerprint density at radius 2 is 1.84 bits per heavy atom. The van der Waals surface area contributed by atoms with Crippen LogP contribution in [0.25, 0.3) is 6.08 Å². The third kappa shape index (κ3) is 6.58. The molecule has 0 spiro atoms. The highest BCUT2D eigenvalue weighted by Crippen LogP contribution is 2.21. The lowest BCUT2D eigenvalue weighted by atomic mass is 10.2. The summed E-state index contributed by atoms with van der Waals surface area (Å²) in [6.45, 7) is -1.39. The molecule has 7 heteroatoms. The van der Waals surface area contributed by atoms with Crippen LogP contribution in [0.15, 0.2) is 54.6 Å². The van der Waals surface area contributed by atoms with Gasteiger partial charge in [-0.3, -0.25) is 4.79 Å². The Morgan fingerprint density at radius 1 is 1.12 bits per heavy atom. The van der Waals surface area contributed by atoms with Crippen LogP contribution >= 0.6 is 0 Å². The maximum atomic E-state index is 12.2. The Labute approximate surface area is 142 Å². The normalized spacial score (nSPS) is 11.4. The van der Waals surface area contributed by atoms with E-state index in [0.717, 1.165) is 5.56 Å². The van der Waals surface area contributed by atoms with E-state index in [2.05, 4.69) is 10.1 Å². The molecule has 4 nitrogen and oxygen atoms in total. The van der Waals surface area contributed by atoms with Crippen molar-refractivity contribution in [2.45, 2.75) is 6.18 Å². The van der Waals surface area contributed by atoms with Crippen molar-refractivity contribution in [2.24, 2.45) is 0 Å². The maximum absolute atomic E-state index is 12.2. The summed E-state index contributed by atoms with van der Waals surface area (Å²) < 4.78 is 46.2. The van der Waals surface area contributed by atoms with E-state index in [0.29, 0.717) is 11.4 Å². The second-order valence-electron chi connectivity index (χ2n) is 5.03. The van der Waals surface area contributed by atoms with Crippen LogP contribution in [-0.2, 0) is 4.79 Å². The molecule has 0 aromatic heterocycles. The lowest BCUT2D eigenvalue weighted by molar-refractivity contribution is -0.153. The molecule has 1 N–H and O–H groups in total. The van der Waals surface area contributed by atoms with Gasteiger partial charge in [-0.15, -0.1) is 0 Å². The number of alkyl halides is 3. The molecule has 2 rings (SSSR count). The Balaban J connectivity index is 1.96. The minimum absolute atomic E-state index is 0.0203. The Morgan fingerprint density at radius 3 is 2.56 bits per heavy atom. The fourth-order valence-electron chi connectivity index (χ4n) is 1.93. The molecule has 0 heterocycles. The molecule has 0 aliphatic heterocycles. The predicted molar refractivity (Wildman–Crippen MR) is 88.6 cm³/mol. The lowest BCUT2D eigenvalue weighted by Gasteiger charge is -2.10. The second-order valence-corrected chi connectivity index (χ2v) is 5.03. The fourth-order valence-corrected chi connectivity index (χ4v) is 1.93. The van der Waals surface area contributed by atoms with Gasteiger partial charge in [0.2, 0.25) is 5.91 Å². The number of hydrogen-bond acceptors (Lipinski definition) is 3. The Bertz CT molecular complexity index is 757. The first-order valence-electron chi connectivity index (χ1n) is 7.28. The summed E-state index contributed by atoms with van der Waals surface area (Å²) in [5, 5.41) is 2.56. The summed E-state index contributed by atoms with van der Waals surface area (Å²) in [6, 6.07) is 12.9. The number of nitrogens with one attached hydrogen (secondary N) is 1. The predicted octanol–water partition coefficient (Wildman–Crippen LogP) is 4.29. The molecule has 2 aromatic carbocycles. The van der Waals surface area contributed by atoms with Gasteiger partial charge < -0.3 is 14.8 Å². The number of amides is 1. The average Bonchev–Trinajstić information content (AvgIpc) is 2.58. The van der Waals surface area contributed by atoms with Crippen molar-refractivity contribution in [1.82, 2.24) is 0 Å². The molecule has 0 saturated carbocycles. The van der Waals surface area contributed by atoms with Crippen LogP contribution in [0.3, 0.4) is 0 Å². The van der Waals surface area contributed by atoms with Crippen LogP contribution < -0.4 is 14.8 Å². The molecule has 0 aliphatic carbocycles. The summed E-state index contributed by atoms with van der Waals surface area (Å²) in [5.41, 5.74) is 1.11. The maximum Gasteiger partial charge on any atom is 0.422 e. The number of ether oxygens (including phenoxy) is 2. The van der Waals surface area contributed by atoms with E-state index in [1.807, 2.05) is 0 Å². The fraction of sp³-hybridized carbons (Fsp3) is 0.167. The van der Waals surface area contributed by atoms with E-state index in [4.69, 9.17) is 4.74 Å². The van der Waals surface area contributed by atoms with E-state index >= 15 is 0 Å².